The third-order valence-corrected chi connectivity index (χ3v) is 6.74. The van der Waals surface area contributed by atoms with Crippen molar-refractivity contribution in [3.8, 4) is 5.75 Å². The van der Waals surface area contributed by atoms with E-state index in [1.165, 1.54) is 39.9 Å². The Morgan fingerprint density at radius 3 is 2.73 bits per heavy atom. The molecular weight excluding hydrogens is 384 g/mol. The van der Waals surface area contributed by atoms with Crippen molar-refractivity contribution in [2.45, 2.75) is 37.0 Å². The number of alkyl halides is 2. The standard InChI is InChI=1S/C17H19F2NO4S2/c18-17(19)24-15-7-1-2-8-16(15)26(21,22)20(11-13-5-3-9-23-13)12-14-6-4-10-25-14/h1-2,4,6-8,10,13,17H,3,5,9,11-12H2. The molecule has 2 heterocycles. The Morgan fingerprint density at radius 1 is 1.27 bits per heavy atom. The SMILES string of the molecule is O=S(=O)(c1ccccc1OC(F)F)N(Cc1cccs1)CC1CCCO1. The van der Waals surface area contributed by atoms with Crippen molar-refractivity contribution in [2.75, 3.05) is 13.2 Å². The topological polar surface area (TPSA) is 55.8 Å². The van der Waals surface area contributed by atoms with Crippen LogP contribution in [0.4, 0.5) is 8.78 Å². The zero-order chi connectivity index (χ0) is 18.6. The molecule has 2 aromatic rings. The van der Waals surface area contributed by atoms with Crippen LogP contribution in [-0.2, 0) is 21.3 Å². The summed E-state index contributed by atoms with van der Waals surface area (Å²) in [6.45, 7) is -2.18. The Kier molecular flexibility index (Phi) is 6.23. The van der Waals surface area contributed by atoms with Gasteiger partial charge in [0.05, 0.1) is 6.10 Å². The third-order valence-electron chi connectivity index (χ3n) is 4.03. The van der Waals surface area contributed by atoms with Crippen molar-refractivity contribution < 1.29 is 26.7 Å². The van der Waals surface area contributed by atoms with Crippen LogP contribution in [0.5, 0.6) is 5.75 Å². The van der Waals surface area contributed by atoms with Crippen LogP contribution < -0.4 is 4.74 Å². The molecule has 5 nitrogen and oxygen atoms in total. The summed E-state index contributed by atoms with van der Waals surface area (Å²) in [5, 5.41) is 1.86. The van der Waals surface area contributed by atoms with Crippen LogP contribution in [0.25, 0.3) is 0 Å². The smallest absolute Gasteiger partial charge is 0.387 e. The molecule has 3 rings (SSSR count). The number of halogens is 2. The number of hydrogen-bond acceptors (Lipinski definition) is 5. The molecule has 1 atom stereocenters. The van der Waals surface area contributed by atoms with Gasteiger partial charge in [0.2, 0.25) is 10.0 Å². The molecule has 0 radical (unpaired) electrons. The highest BCUT2D eigenvalue weighted by atomic mass is 32.2. The first-order chi connectivity index (χ1) is 12.5. The van der Waals surface area contributed by atoms with Crippen LogP contribution in [0.2, 0.25) is 0 Å². The van der Waals surface area contributed by atoms with Gasteiger partial charge >= 0.3 is 6.61 Å². The Labute approximate surface area is 155 Å². The second-order valence-corrected chi connectivity index (χ2v) is 8.78. The lowest BCUT2D eigenvalue weighted by molar-refractivity contribution is -0.0518. The van der Waals surface area contributed by atoms with Crippen molar-refractivity contribution in [1.82, 2.24) is 4.31 Å². The van der Waals surface area contributed by atoms with E-state index in [2.05, 4.69) is 4.74 Å². The molecule has 0 amide bonds. The highest BCUT2D eigenvalue weighted by molar-refractivity contribution is 7.89. The van der Waals surface area contributed by atoms with E-state index in [4.69, 9.17) is 4.74 Å². The van der Waals surface area contributed by atoms with Crippen molar-refractivity contribution in [3.05, 3.63) is 46.7 Å². The predicted octanol–water partition coefficient (Wildman–Crippen LogP) is 3.72. The van der Waals surface area contributed by atoms with Crippen LogP contribution in [0, 0.1) is 0 Å². The highest BCUT2D eigenvalue weighted by Gasteiger charge is 2.32. The number of hydrogen-bond donors (Lipinski definition) is 0. The Balaban J connectivity index is 1.93. The minimum absolute atomic E-state index is 0.156. The van der Waals surface area contributed by atoms with Gasteiger partial charge in [-0.1, -0.05) is 18.2 Å². The van der Waals surface area contributed by atoms with Crippen molar-refractivity contribution in [1.29, 1.82) is 0 Å². The van der Waals surface area contributed by atoms with Crippen LogP contribution in [0.15, 0.2) is 46.7 Å². The Morgan fingerprint density at radius 2 is 2.08 bits per heavy atom. The van der Waals surface area contributed by atoms with E-state index >= 15 is 0 Å². The van der Waals surface area contributed by atoms with Crippen LogP contribution in [0.3, 0.4) is 0 Å². The van der Waals surface area contributed by atoms with Crippen LogP contribution in [0.1, 0.15) is 17.7 Å². The molecule has 1 aliphatic rings. The number of sulfonamides is 1. The molecule has 0 aliphatic carbocycles. The molecule has 1 unspecified atom stereocenters. The van der Waals surface area contributed by atoms with E-state index in [-0.39, 0.29) is 29.8 Å². The monoisotopic (exact) mass is 403 g/mol. The molecule has 1 fully saturated rings. The van der Waals surface area contributed by atoms with E-state index < -0.39 is 16.6 Å². The minimum Gasteiger partial charge on any atom is -0.433 e. The van der Waals surface area contributed by atoms with Gasteiger partial charge in [0, 0.05) is 24.6 Å². The Bertz CT molecular complexity index is 806. The molecule has 0 N–H and O–H groups in total. The van der Waals surface area contributed by atoms with Gasteiger partial charge in [-0.25, -0.2) is 8.42 Å². The zero-order valence-corrected chi connectivity index (χ0v) is 15.5. The van der Waals surface area contributed by atoms with Gasteiger partial charge in [0.1, 0.15) is 10.6 Å². The van der Waals surface area contributed by atoms with Crippen molar-refractivity contribution in [2.24, 2.45) is 0 Å². The average Bonchev–Trinajstić information content (AvgIpc) is 3.28. The van der Waals surface area contributed by atoms with Gasteiger partial charge < -0.3 is 9.47 Å². The number of thiophene rings is 1. The number of ether oxygens (including phenoxy) is 2. The fourth-order valence-corrected chi connectivity index (χ4v) is 5.21. The molecule has 0 saturated carbocycles. The summed E-state index contributed by atoms with van der Waals surface area (Å²) in [5.41, 5.74) is 0. The maximum Gasteiger partial charge on any atom is 0.387 e. The number of nitrogens with zero attached hydrogens (tertiary/aromatic N) is 1. The second-order valence-electron chi connectivity index (χ2n) is 5.84. The van der Waals surface area contributed by atoms with Gasteiger partial charge in [0.15, 0.2) is 0 Å². The maximum atomic E-state index is 13.2. The fourth-order valence-electron chi connectivity index (χ4n) is 2.84. The van der Waals surface area contributed by atoms with Crippen LogP contribution >= 0.6 is 11.3 Å². The van der Waals surface area contributed by atoms with Crippen molar-refractivity contribution >= 4 is 21.4 Å². The Hall–Kier alpha value is -1.55. The number of rotatable bonds is 8. The number of benzene rings is 1. The van der Waals surface area contributed by atoms with Gasteiger partial charge in [-0.15, -0.1) is 11.3 Å². The normalized spacial score (nSPS) is 17.9. The summed E-state index contributed by atoms with van der Waals surface area (Å²) < 4.78 is 63.0. The fraction of sp³-hybridized carbons (Fsp3) is 0.412. The molecule has 0 spiro atoms. The van der Waals surface area contributed by atoms with Gasteiger partial charge in [0.25, 0.3) is 0 Å². The second kappa shape index (κ2) is 8.43. The summed E-state index contributed by atoms with van der Waals surface area (Å²) in [6.07, 6.45) is 1.45. The molecule has 1 saturated heterocycles. The molecular formula is C17H19F2NO4S2. The lowest BCUT2D eigenvalue weighted by atomic mass is 10.2. The van der Waals surface area contributed by atoms with E-state index in [1.54, 1.807) is 0 Å². The first-order valence-electron chi connectivity index (χ1n) is 8.15. The quantitative estimate of drug-likeness (QED) is 0.674. The molecule has 9 heteroatoms. The van der Waals surface area contributed by atoms with Crippen molar-refractivity contribution in [3.63, 3.8) is 0 Å². The number of para-hydroxylation sites is 1. The van der Waals surface area contributed by atoms with E-state index in [0.29, 0.717) is 6.61 Å². The van der Waals surface area contributed by atoms with Gasteiger partial charge in [-0.3, -0.25) is 0 Å². The lowest BCUT2D eigenvalue weighted by Crippen LogP contribution is -2.37. The van der Waals surface area contributed by atoms with E-state index in [1.807, 2.05) is 17.5 Å². The first kappa shape index (κ1) is 19.2. The van der Waals surface area contributed by atoms with Gasteiger partial charge in [-0.2, -0.15) is 13.1 Å². The molecule has 1 aromatic carbocycles. The molecule has 0 bridgehead atoms. The predicted molar refractivity (Wildman–Crippen MR) is 94.0 cm³/mol. The largest absolute Gasteiger partial charge is 0.433 e. The summed E-state index contributed by atoms with van der Waals surface area (Å²) in [6, 6.07) is 9.13. The molecule has 1 aromatic heterocycles. The van der Waals surface area contributed by atoms with Crippen LogP contribution in [-0.4, -0.2) is 38.6 Å². The molecule has 142 valence electrons. The molecule has 26 heavy (non-hydrogen) atoms. The van der Waals surface area contributed by atoms with E-state index in [0.717, 1.165) is 17.7 Å². The summed E-state index contributed by atoms with van der Waals surface area (Å²) in [7, 11) is -4.04. The zero-order valence-electron chi connectivity index (χ0n) is 13.9. The minimum atomic E-state index is -4.04. The van der Waals surface area contributed by atoms with Gasteiger partial charge in [-0.05, 0) is 36.4 Å². The summed E-state index contributed by atoms with van der Waals surface area (Å²) in [4.78, 5) is 0.591. The highest BCUT2D eigenvalue weighted by Crippen LogP contribution is 2.30. The third kappa shape index (κ3) is 4.59. The first-order valence-corrected chi connectivity index (χ1v) is 10.5. The van der Waals surface area contributed by atoms with E-state index in [9.17, 15) is 17.2 Å². The summed E-state index contributed by atoms with van der Waals surface area (Å²) >= 11 is 1.44. The lowest BCUT2D eigenvalue weighted by Gasteiger charge is -2.25. The maximum absolute atomic E-state index is 13.2. The molecule has 1 aliphatic heterocycles. The summed E-state index contributed by atoms with van der Waals surface area (Å²) in [5.74, 6) is -0.356. The average molecular weight is 403 g/mol.